The first-order valence-corrected chi connectivity index (χ1v) is 7.18. The van der Waals surface area contributed by atoms with Gasteiger partial charge in [-0.25, -0.2) is 4.79 Å². The number of H-pyrrole nitrogens is 1. The van der Waals surface area contributed by atoms with Crippen LogP contribution in [0.15, 0.2) is 9.59 Å². The molecule has 0 unspecified atom stereocenters. The van der Waals surface area contributed by atoms with Gasteiger partial charge in [0, 0.05) is 33.2 Å². The lowest BCUT2D eigenvalue weighted by molar-refractivity contribution is 0.573. The van der Waals surface area contributed by atoms with Crippen molar-refractivity contribution >= 4 is 17.1 Å². The van der Waals surface area contributed by atoms with Crippen LogP contribution in [0.25, 0.3) is 11.2 Å². The third-order valence-electron chi connectivity index (χ3n) is 3.80. The predicted octanol–water partition coefficient (Wildman–Crippen LogP) is -1.14. The van der Waals surface area contributed by atoms with E-state index in [9.17, 15) is 9.59 Å². The largest absolute Gasteiger partial charge is 0.340 e. The Kier molecular flexibility index (Phi) is 3.73. The van der Waals surface area contributed by atoms with E-state index in [2.05, 4.69) is 32.0 Å². The number of anilines is 1. The lowest BCUT2D eigenvalue weighted by Crippen LogP contribution is -2.44. The Morgan fingerprint density at radius 3 is 2.68 bits per heavy atom. The molecular weight excluding hydrogens is 284 g/mol. The summed E-state index contributed by atoms with van der Waals surface area (Å²) in [5.41, 5.74) is -0.112. The topological polar surface area (TPSA) is 88.0 Å². The average molecular weight is 302 g/mol. The predicted molar refractivity (Wildman–Crippen MR) is 84.1 cm³/mol. The molecule has 22 heavy (non-hydrogen) atoms. The zero-order valence-corrected chi connectivity index (χ0v) is 12.6. The van der Waals surface area contributed by atoms with E-state index in [1.807, 2.05) is 0 Å². The van der Waals surface area contributed by atoms with Gasteiger partial charge in [0.05, 0.1) is 6.54 Å². The Hall–Kier alpha value is -2.53. The SMILES string of the molecule is CC#CCn1c(N2CCNCC2)nc2c1c(=O)[nH]c(=O)n2C. The number of hydrogen-bond acceptors (Lipinski definition) is 5. The van der Waals surface area contributed by atoms with Gasteiger partial charge in [-0.15, -0.1) is 5.92 Å². The second-order valence-electron chi connectivity index (χ2n) is 5.15. The first-order chi connectivity index (χ1) is 10.6. The minimum absolute atomic E-state index is 0.369. The van der Waals surface area contributed by atoms with Crippen LogP contribution in [0.3, 0.4) is 0 Å². The Bertz CT molecular complexity index is 873. The zero-order chi connectivity index (χ0) is 15.7. The van der Waals surface area contributed by atoms with E-state index >= 15 is 0 Å². The summed E-state index contributed by atoms with van der Waals surface area (Å²) in [5.74, 6) is 6.50. The van der Waals surface area contributed by atoms with Gasteiger partial charge in [-0.1, -0.05) is 5.92 Å². The molecule has 0 aromatic carbocycles. The molecule has 1 saturated heterocycles. The van der Waals surface area contributed by atoms with Crippen molar-refractivity contribution in [2.75, 3.05) is 31.1 Å². The monoisotopic (exact) mass is 302 g/mol. The van der Waals surface area contributed by atoms with Crippen LogP contribution >= 0.6 is 0 Å². The Balaban J connectivity index is 2.27. The van der Waals surface area contributed by atoms with Crippen molar-refractivity contribution in [1.82, 2.24) is 24.4 Å². The molecule has 0 spiro atoms. The molecule has 0 saturated carbocycles. The van der Waals surface area contributed by atoms with Crippen molar-refractivity contribution in [1.29, 1.82) is 0 Å². The van der Waals surface area contributed by atoms with Crippen LogP contribution < -0.4 is 21.5 Å². The summed E-state index contributed by atoms with van der Waals surface area (Å²) >= 11 is 0. The van der Waals surface area contributed by atoms with E-state index in [-0.39, 0.29) is 0 Å². The summed E-state index contributed by atoms with van der Waals surface area (Å²) in [6.45, 7) is 5.44. The fourth-order valence-electron chi connectivity index (χ4n) is 2.64. The van der Waals surface area contributed by atoms with Gasteiger partial charge >= 0.3 is 5.69 Å². The number of hydrogen-bond donors (Lipinski definition) is 2. The van der Waals surface area contributed by atoms with Crippen LogP contribution in [0, 0.1) is 11.8 Å². The first-order valence-electron chi connectivity index (χ1n) is 7.18. The lowest BCUT2D eigenvalue weighted by Gasteiger charge is -2.28. The highest BCUT2D eigenvalue weighted by Crippen LogP contribution is 2.19. The molecule has 2 N–H and O–H groups in total. The number of nitrogens with one attached hydrogen (secondary N) is 2. The number of fused-ring (bicyclic) bond motifs is 1. The highest BCUT2D eigenvalue weighted by molar-refractivity contribution is 5.74. The normalized spacial score (nSPS) is 14.9. The van der Waals surface area contributed by atoms with Gasteiger partial charge in [-0.3, -0.25) is 18.9 Å². The molecule has 1 aliphatic heterocycles. The number of imidazole rings is 1. The number of rotatable bonds is 2. The van der Waals surface area contributed by atoms with E-state index in [1.54, 1.807) is 18.5 Å². The van der Waals surface area contributed by atoms with Crippen LogP contribution in [0.5, 0.6) is 0 Å². The van der Waals surface area contributed by atoms with Crippen molar-refractivity contribution < 1.29 is 0 Å². The van der Waals surface area contributed by atoms with Gasteiger partial charge in [0.15, 0.2) is 11.2 Å². The van der Waals surface area contributed by atoms with E-state index < -0.39 is 11.2 Å². The van der Waals surface area contributed by atoms with E-state index in [4.69, 9.17) is 0 Å². The highest BCUT2D eigenvalue weighted by atomic mass is 16.2. The maximum absolute atomic E-state index is 12.2. The molecule has 1 aliphatic rings. The van der Waals surface area contributed by atoms with Crippen molar-refractivity contribution in [2.45, 2.75) is 13.5 Å². The van der Waals surface area contributed by atoms with Crippen molar-refractivity contribution in [3.05, 3.63) is 20.8 Å². The van der Waals surface area contributed by atoms with Crippen molar-refractivity contribution in [3.63, 3.8) is 0 Å². The standard InChI is InChI=1S/C14H18N6O2/c1-3-4-7-20-10-11(18(2)14(22)17-12(10)21)16-13(20)19-8-5-15-6-9-19/h15H,5-9H2,1-2H3,(H,17,21,22). The zero-order valence-electron chi connectivity index (χ0n) is 12.6. The van der Waals surface area contributed by atoms with Gasteiger partial charge in [0.25, 0.3) is 5.56 Å². The van der Waals surface area contributed by atoms with E-state index in [1.165, 1.54) is 4.57 Å². The molecule has 0 amide bonds. The smallest absolute Gasteiger partial charge is 0.329 e. The maximum Gasteiger partial charge on any atom is 0.329 e. The third-order valence-corrected chi connectivity index (χ3v) is 3.80. The molecule has 3 heterocycles. The Labute approximate surface area is 126 Å². The molecule has 1 fully saturated rings. The molecule has 0 aliphatic carbocycles. The second kappa shape index (κ2) is 5.69. The van der Waals surface area contributed by atoms with E-state index in [0.29, 0.717) is 23.7 Å². The Morgan fingerprint density at radius 2 is 2.00 bits per heavy atom. The molecule has 8 heteroatoms. The minimum atomic E-state index is -0.462. The second-order valence-corrected chi connectivity index (χ2v) is 5.15. The molecule has 0 bridgehead atoms. The number of aromatic amines is 1. The number of aromatic nitrogens is 4. The molecular formula is C14H18N6O2. The highest BCUT2D eigenvalue weighted by Gasteiger charge is 2.22. The van der Waals surface area contributed by atoms with Crippen LogP contribution in [0.2, 0.25) is 0 Å². The van der Waals surface area contributed by atoms with Crippen molar-refractivity contribution in [2.24, 2.45) is 7.05 Å². The summed E-state index contributed by atoms with van der Waals surface area (Å²) in [5, 5.41) is 3.28. The maximum atomic E-state index is 12.2. The van der Waals surface area contributed by atoms with Gasteiger partial charge in [0.1, 0.15) is 0 Å². The Morgan fingerprint density at radius 1 is 1.27 bits per heavy atom. The molecule has 116 valence electrons. The molecule has 2 aromatic rings. The van der Waals surface area contributed by atoms with Gasteiger partial charge < -0.3 is 10.2 Å². The van der Waals surface area contributed by atoms with Crippen LogP contribution in [0.4, 0.5) is 5.95 Å². The van der Waals surface area contributed by atoms with Gasteiger partial charge in [-0.05, 0) is 6.92 Å². The van der Waals surface area contributed by atoms with Gasteiger partial charge in [0.2, 0.25) is 5.95 Å². The summed E-state index contributed by atoms with van der Waals surface area (Å²) in [4.78, 5) is 33.0. The quantitative estimate of drug-likeness (QED) is 0.685. The number of aryl methyl sites for hydroxylation is 1. The average Bonchev–Trinajstić information content (AvgIpc) is 2.91. The summed E-state index contributed by atoms with van der Waals surface area (Å²) in [6, 6.07) is 0. The third kappa shape index (κ3) is 2.29. The van der Waals surface area contributed by atoms with Crippen LogP contribution in [0.1, 0.15) is 6.92 Å². The lowest BCUT2D eigenvalue weighted by atomic mass is 10.4. The first kappa shape index (κ1) is 14.4. The van der Waals surface area contributed by atoms with Crippen molar-refractivity contribution in [3.8, 4) is 11.8 Å². The summed E-state index contributed by atoms with van der Waals surface area (Å²) in [6.07, 6.45) is 0. The summed E-state index contributed by atoms with van der Waals surface area (Å²) in [7, 11) is 1.60. The van der Waals surface area contributed by atoms with Crippen LogP contribution in [-0.4, -0.2) is 45.3 Å². The fourth-order valence-corrected chi connectivity index (χ4v) is 2.64. The molecule has 8 nitrogen and oxygen atoms in total. The van der Waals surface area contributed by atoms with E-state index in [0.717, 1.165) is 26.2 Å². The van der Waals surface area contributed by atoms with Crippen LogP contribution in [-0.2, 0) is 13.6 Å². The molecule has 3 rings (SSSR count). The van der Waals surface area contributed by atoms with Gasteiger partial charge in [-0.2, -0.15) is 4.98 Å². The molecule has 0 radical (unpaired) electrons. The summed E-state index contributed by atoms with van der Waals surface area (Å²) < 4.78 is 3.15. The minimum Gasteiger partial charge on any atom is -0.340 e. The number of nitrogens with zero attached hydrogens (tertiary/aromatic N) is 4. The molecule has 2 aromatic heterocycles. The molecule has 0 atom stereocenters. The fraction of sp³-hybridized carbons (Fsp3) is 0.500. The number of piperazine rings is 1.